The van der Waals surface area contributed by atoms with Crippen molar-refractivity contribution in [2.45, 2.75) is 64.7 Å². The molecule has 0 amide bonds. The van der Waals surface area contributed by atoms with E-state index >= 15 is 0 Å². The van der Waals surface area contributed by atoms with E-state index in [1.807, 2.05) is 0 Å². The molecule has 1 atom stereocenters. The number of rotatable bonds is 3. The van der Waals surface area contributed by atoms with Crippen molar-refractivity contribution in [3.63, 3.8) is 0 Å². The Morgan fingerprint density at radius 2 is 1.67 bits per heavy atom. The molecule has 0 aliphatic heterocycles. The fraction of sp³-hybridized carbons (Fsp3) is 0.733. The molecule has 0 bridgehead atoms. The van der Waals surface area contributed by atoms with Crippen molar-refractivity contribution in [2.24, 2.45) is 5.73 Å². The predicted molar refractivity (Wildman–Crippen MR) is 74.8 cm³/mol. The van der Waals surface area contributed by atoms with E-state index in [1.54, 1.807) is 0 Å². The maximum Gasteiger partial charge on any atom is 0.131 e. The molecule has 2 N–H and O–H groups in total. The summed E-state index contributed by atoms with van der Waals surface area (Å²) in [5.74, 6) is 2.00. The molecule has 1 aromatic heterocycles. The van der Waals surface area contributed by atoms with Crippen molar-refractivity contribution in [3.05, 3.63) is 22.8 Å². The lowest BCUT2D eigenvalue weighted by Crippen LogP contribution is -2.17. The molecule has 1 saturated carbocycles. The molecule has 0 aromatic carbocycles. The Labute approximate surface area is 110 Å². The lowest BCUT2D eigenvalue weighted by Gasteiger charge is -2.22. The average Bonchev–Trinajstić information content (AvgIpc) is 2.38. The Bertz CT molecular complexity index is 385. The summed E-state index contributed by atoms with van der Waals surface area (Å²) in [6.07, 6.45) is 6.53. The monoisotopic (exact) mass is 247 g/mol. The summed E-state index contributed by atoms with van der Waals surface area (Å²) >= 11 is 0. The van der Waals surface area contributed by atoms with Gasteiger partial charge < -0.3 is 5.73 Å². The molecular weight excluding hydrogens is 222 g/mol. The Morgan fingerprint density at radius 3 is 2.17 bits per heavy atom. The number of hydrogen-bond donors (Lipinski definition) is 1. The number of nitrogens with two attached hydrogens (primary N) is 1. The van der Waals surface area contributed by atoms with Gasteiger partial charge in [-0.1, -0.05) is 26.2 Å². The van der Waals surface area contributed by atoms with Crippen molar-refractivity contribution < 1.29 is 0 Å². The normalized spacial score (nSPS) is 18.9. The zero-order chi connectivity index (χ0) is 13.1. The van der Waals surface area contributed by atoms with Crippen LogP contribution in [0.4, 0.5) is 0 Å². The zero-order valence-electron chi connectivity index (χ0n) is 11.9. The van der Waals surface area contributed by atoms with Gasteiger partial charge >= 0.3 is 0 Å². The molecule has 0 spiro atoms. The van der Waals surface area contributed by atoms with Crippen molar-refractivity contribution in [2.75, 3.05) is 6.54 Å². The van der Waals surface area contributed by atoms with Crippen LogP contribution < -0.4 is 5.73 Å². The zero-order valence-corrected chi connectivity index (χ0v) is 11.9. The van der Waals surface area contributed by atoms with E-state index in [-0.39, 0.29) is 0 Å². The first-order valence-corrected chi connectivity index (χ1v) is 7.18. The standard InChI is InChI=1S/C15H25N3/c1-10(9-16)14-11(2)17-15(18-12(14)3)13-7-5-4-6-8-13/h10,13H,4-9,16H2,1-3H3. The molecule has 18 heavy (non-hydrogen) atoms. The van der Waals surface area contributed by atoms with Gasteiger partial charge in [0.2, 0.25) is 0 Å². The first kappa shape index (κ1) is 13.5. The fourth-order valence-corrected chi connectivity index (χ4v) is 3.13. The molecule has 1 unspecified atom stereocenters. The average molecular weight is 247 g/mol. The molecule has 1 aliphatic carbocycles. The summed E-state index contributed by atoms with van der Waals surface area (Å²) in [5, 5.41) is 0. The molecule has 3 nitrogen and oxygen atoms in total. The molecule has 1 heterocycles. The van der Waals surface area contributed by atoms with Gasteiger partial charge in [0.25, 0.3) is 0 Å². The Kier molecular flexibility index (Phi) is 4.33. The second kappa shape index (κ2) is 5.79. The summed E-state index contributed by atoms with van der Waals surface area (Å²) in [5.41, 5.74) is 9.27. The van der Waals surface area contributed by atoms with Crippen molar-refractivity contribution >= 4 is 0 Å². The summed E-state index contributed by atoms with van der Waals surface area (Å²) in [6.45, 7) is 7.01. The van der Waals surface area contributed by atoms with Crippen molar-refractivity contribution in [1.82, 2.24) is 9.97 Å². The predicted octanol–water partition coefficient (Wildman–Crippen LogP) is 3.20. The number of aryl methyl sites for hydroxylation is 2. The van der Waals surface area contributed by atoms with E-state index in [1.165, 1.54) is 37.7 Å². The fourth-order valence-electron chi connectivity index (χ4n) is 3.13. The third-order valence-electron chi connectivity index (χ3n) is 4.16. The van der Waals surface area contributed by atoms with Crippen molar-refractivity contribution in [1.29, 1.82) is 0 Å². The highest BCUT2D eigenvalue weighted by Gasteiger charge is 2.21. The third-order valence-corrected chi connectivity index (χ3v) is 4.16. The van der Waals surface area contributed by atoms with E-state index in [9.17, 15) is 0 Å². The van der Waals surface area contributed by atoms with Crippen LogP contribution >= 0.6 is 0 Å². The van der Waals surface area contributed by atoms with Gasteiger partial charge in [-0.15, -0.1) is 0 Å². The number of hydrogen-bond acceptors (Lipinski definition) is 3. The Hall–Kier alpha value is -0.960. The van der Waals surface area contributed by atoms with Gasteiger partial charge in [-0.2, -0.15) is 0 Å². The summed E-state index contributed by atoms with van der Waals surface area (Å²) < 4.78 is 0. The van der Waals surface area contributed by atoms with Gasteiger partial charge in [-0.25, -0.2) is 9.97 Å². The maximum atomic E-state index is 5.77. The van der Waals surface area contributed by atoms with E-state index in [0.717, 1.165) is 17.2 Å². The summed E-state index contributed by atoms with van der Waals surface area (Å²) in [7, 11) is 0. The van der Waals surface area contributed by atoms with Crippen LogP contribution in [0.2, 0.25) is 0 Å². The quantitative estimate of drug-likeness (QED) is 0.892. The van der Waals surface area contributed by atoms with Gasteiger partial charge in [0.05, 0.1) is 0 Å². The molecular formula is C15H25N3. The summed E-state index contributed by atoms with van der Waals surface area (Å²) in [6, 6.07) is 0. The lowest BCUT2D eigenvalue weighted by molar-refractivity contribution is 0.426. The molecule has 1 fully saturated rings. The van der Waals surface area contributed by atoms with Crippen LogP contribution in [0.5, 0.6) is 0 Å². The highest BCUT2D eigenvalue weighted by Crippen LogP contribution is 2.32. The summed E-state index contributed by atoms with van der Waals surface area (Å²) in [4.78, 5) is 9.52. The van der Waals surface area contributed by atoms with Gasteiger partial charge in [0.1, 0.15) is 5.82 Å². The van der Waals surface area contributed by atoms with E-state index in [4.69, 9.17) is 15.7 Å². The highest BCUT2D eigenvalue weighted by atomic mass is 14.9. The largest absolute Gasteiger partial charge is 0.330 e. The molecule has 1 aliphatic rings. The van der Waals surface area contributed by atoms with Crippen LogP contribution in [-0.2, 0) is 0 Å². The van der Waals surface area contributed by atoms with Crippen LogP contribution in [0.25, 0.3) is 0 Å². The molecule has 0 saturated heterocycles. The van der Waals surface area contributed by atoms with Gasteiger partial charge in [0.15, 0.2) is 0 Å². The topological polar surface area (TPSA) is 51.8 Å². The SMILES string of the molecule is Cc1nc(C2CCCCC2)nc(C)c1C(C)CN. The van der Waals surface area contributed by atoms with Gasteiger partial charge in [-0.05, 0) is 44.7 Å². The van der Waals surface area contributed by atoms with E-state index in [2.05, 4.69) is 20.8 Å². The minimum atomic E-state index is 0.352. The minimum absolute atomic E-state index is 0.352. The first-order chi connectivity index (χ1) is 8.63. The van der Waals surface area contributed by atoms with E-state index in [0.29, 0.717) is 18.4 Å². The minimum Gasteiger partial charge on any atom is -0.330 e. The molecule has 100 valence electrons. The third kappa shape index (κ3) is 2.72. The second-order valence-corrected chi connectivity index (χ2v) is 5.64. The lowest BCUT2D eigenvalue weighted by atomic mass is 9.88. The number of aromatic nitrogens is 2. The van der Waals surface area contributed by atoms with Crippen LogP contribution in [-0.4, -0.2) is 16.5 Å². The van der Waals surface area contributed by atoms with E-state index < -0.39 is 0 Å². The van der Waals surface area contributed by atoms with Crippen LogP contribution in [0.15, 0.2) is 0 Å². The molecule has 0 radical (unpaired) electrons. The Balaban J connectivity index is 2.29. The van der Waals surface area contributed by atoms with Crippen LogP contribution in [0, 0.1) is 13.8 Å². The van der Waals surface area contributed by atoms with Crippen molar-refractivity contribution in [3.8, 4) is 0 Å². The smallest absolute Gasteiger partial charge is 0.131 e. The number of nitrogens with zero attached hydrogens (tertiary/aromatic N) is 2. The maximum absolute atomic E-state index is 5.77. The second-order valence-electron chi connectivity index (χ2n) is 5.64. The highest BCUT2D eigenvalue weighted by molar-refractivity contribution is 5.29. The van der Waals surface area contributed by atoms with Crippen LogP contribution in [0.3, 0.4) is 0 Å². The van der Waals surface area contributed by atoms with Crippen LogP contribution in [0.1, 0.15) is 73.6 Å². The molecule has 2 rings (SSSR count). The molecule has 1 aromatic rings. The van der Waals surface area contributed by atoms with Gasteiger partial charge in [-0.3, -0.25) is 0 Å². The first-order valence-electron chi connectivity index (χ1n) is 7.18. The Morgan fingerprint density at radius 1 is 1.11 bits per heavy atom. The molecule has 3 heteroatoms. The van der Waals surface area contributed by atoms with Gasteiger partial charge in [0, 0.05) is 17.3 Å².